The number of carbonyl (C=O) groups excluding carboxylic acids is 4. The zero-order valence-corrected chi connectivity index (χ0v) is 30.5. The van der Waals surface area contributed by atoms with Crippen LogP contribution >= 0.6 is 0 Å². The van der Waals surface area contributed by atoms with Crippen LogP contribution in [0.5, 0.6) is 0 Å². The molecule has 6 rings (SSSR count). The van der Waals surface area contributed by atoms with Gasteiger partial charge in [0.25, 0.3) is 11.8 Å². The molecular weight excluding hydrogens is 667 g/mol. The summed E-state index contributed by atoms with van der Waals surface area (Å²) in [6.07, 6.45) is 3.94. The smallest absolute Gasteiger partial charge is 0.300 e. The van der Waals surface area contributed by atoms with Crippen molar-refractivity contribution in [3.05, 3.63) is 108 Å². The first-order chi connectivity index (χ1) is 25.7. The number of carbonyl (C=O) groups is 4. The number of nitrogens with zero attached hydrogens (tertiary/aromatic N) is 3. The van der Waals surface area contributed by atoms with E-state index in [0.717, 1.165) is 41.0 Å². The lowest BCUT2D eigenvalue weighted by Crippen LogP contribution is -2.44. The fourth-order valence-corrected chi connectivity index (χ4v) is 7.16. The number of hydrogen-bond donors (Lipinski definition) is 4. The van der Waals surface area contributed by atoms with Gasteiger partial charge in [-0.25, -0.2) is 4.98 Å². The van der Waals surface area contributed by atoms with E-state index in [9.17, 15) is 19.2 Å². The maximum absolute atomic E-state index is 12.8. The molecule has 11 heteroatoms. The quantitative estimate of drug-likeness (QED) is 0.140. The molecule has 2 aliphatic heterocycles. The summed E-state index contributed by atoms with van der Waals surface area (Å²) in [5.74, 6) is 5.24. The summed E-state index contributed by atoms with van der Waals surface area (Å²) in [6.45, 7) is 7.87. The molecule has 0 saturated heterocycles. The molecule has 4 aromatic rings. The molecule has 53 heavy (non-hydrogen) atoms. The molecule has 0 spiro atoms. The number of pyridine rings is 1. The van der Waals surface area contributed by atoms with Crippen LogP contribution < -0.4 is 31.1 Å². The average molecular weight is 712 g/mol. The van der Waals surface area contributed by atoms with Gasteiger partial charge in [0, 0.05) is 47.6 Å². The largest absolute Gasteiger partial charge is 0.378 e. The van der Waals surface area contributed by atoms with Crippen molar-refractivity contribution in [1.29, 1.82) is 0 Å². The van der Waals surface area contributed by atoms with Gasteiger partial charge in [-0.1, -0.05) is 56.2 Å². The molecule has 11 nitrogen and oxygen atoms in total. The van der Waals surface area contributed by atoms with Gasteiger partial charge < -0.3 is 31.1 Å². The lowest BCUT2D eigenvalue weighted by molar-refractivity contribution is -0.119. The summed E-state index contributed by atoms with van der Waals surface area (Å²) in [5.41, 5.74) is 5.77. The SMILES string of the molecule is CCC(=O)N1c2ccccc2[C@H](Nc2ccc(C(=O)NCC#CC(=O)Nc3ccc(N[C@@H]4C[C@H](C)N(C(=O)CC)c5ccccc54)nc3)cc2)C[C@@H]1C. The fourth-order valence-electron chi connectivity index (χ4n) is 7.16. The second-order valence-corrected chi connectivity index (χ2v) is 13.4. The highest BCUT2D eigenvalue weighted by Gasteiger charge is 2.34. The van der Waals surface area contributed by atoms with Crippen molar-refractivity contribution in [3.63, 3.8) is 0 Å². The highest BCUT2D eigenvalue weighted by atomic mass is 16.2. The van der Waals surface area contributed by atoms with Crippen molar-refractivity contribution in [2.75, 3.05) is 32.3 Å². The maximum atomic E-state index is 12.8. The van der Waals surface area contributed by atoms with Crippen molar-refractivity contribution in [1.82, 2.24) is 10.3 Å². The normalized spacial score (nSPS) is 18.7. The number of rotatable bonds is 9. The van der Waals surface area contributed by atoms with Crippen LogP contribution in [0.3, 0.4) is 0 Å². The van der Waals surface area contributed by atoms with Crippen LogP contribution in [0.1, 0.15) is 86.9 Å². The summed E-state index contributed by atoms with van der Waals surface area (Å²) in [6, 6.07) is 26.7. The molecule has 4 amide bonds. The Bertz CT molecular complexity index is 2040. The van der Waals surface area contributed by atoms with Gasteiger partial charge >= 0.3 is 0 Å². The molecule has 1 aromatic heterocycles. The molecule has 0 bridgehead atoms. The topological polar surface area (TPSA) is 136 Å². The number of aromatic nitrogens is 1. The first-order valence-electron chi connectivity index (χ1n) is 18.2. The summed E-state index contributed by atoms with van der Waals surface area (Å²) < 4.78 is 0. The van der Waals surface area contributed by atoms with Gasteiger partial charge in [0.2, 0.25) is 11.8 Å². The van der Waals surface area contributed by atoms with Crippen molar-refractivity contribution >= 4 is 52.2 Å². The van der Waals surface area contributed by atoms with Gasteiger partial charge in [0.05, 0.1) is 30.5 Å². The Balaban J connectivity index is 0.979. The Morgan fingerprint density at radius 3 is 1.81 bits per heavy atom. The van der Waals surface area contributed by atoms with Crippen LogP contribution in [0.4, 0.5) is 28.6 Å². The lowest BCUT2D eigenvalue weighted by atomic mass is 9.91. The number of benzene rings is 3. The Morgan fingerprint density at radius 1 is 0.717 bits per heavy atom. The fraction of sp³-hybridized carbons (Fsp3) is 0.310. The van der Waals surface area contributed by atoms with Crippen molar-refractivity contribution in [3.8, 4) is 11.8 Å². The van der Waals surface area contributed by atoms with Crippen LogP contribution in [0.2, 0.25) is 0 Å². The third kappa shape index (κ3) is 8.33. The number of anilines is 5. The zero-order chi connectivity index (χ0) is 37.5. The van der Waals surface area contributed by atoms with Crippen molar-refractivity contribution in [2.24, 2.45) is 0 Å². The molecule has 0 fully saturated rings. The summed E-state index contributed by atoms with van der Waals surface area (Å²) >= 11 is 0. The minimum Gasteiger partial charge on any atom is -0.378 e. The van der Waals surface area contributed by atoms with E-state index in [0.29, 0.717) is 29.9 Å². The molecule has 0 saturated carbocycles. The highest BCUT2D eigenvalue weighted by molar-refractivity contribution is 6.04. The molecule has 0 unspecified atom stereocenters. The second-order valence-electron chi connectivity index (χ2n) is 13.4. The zero-order valence-electron chi connectivity index (χ0n) is 30.5. The highest BCUT2D eigenvalue weighted by Crippen LogP contribution is 2.40. The van der Waals surface area contributed by atoms with Gasteiger partial charge in [-0.05, 0) is 92.3 Å². The third-order valence-electron chi connectivity index (χ3n) is 9.69. The Morgan fingerprint density at radius 2 is 1.26 bits per heavy atom. The van der Waals surface area contributed by atoms with E-state index in [4.69, 9.17) is 0 Å². The molecule has 272 valence electrons. The summed E-state index contributed by atoms with van der Waals surface area (Å²) in [7, 11) is 0. The predicted octanol–water partition coefficient (Wildman–Crippen LogP) is 6.83. The molecule has 4 atom stereocenters. The molecule has 3 aromatic carbocycles. The van der Waals surface area contributed by atoms with Crippen LogP contribution in [-0.2, 0) is 14.4 Å². The monoisotopic (exact) mass is 711 g/mol. The van der Waals surface area contributed by atoms with Gasteiger partial charge in [-0.3, -0.25) is 19.2 Å². The van der Waals surface area contributed by atoms with Crippen LogP contribution in [-0.4, -0.2) is 47.2 Å². The Labute approximate surface area is 310 Å². The van der Waals surface area contributed by atoms with E-state index in [1.165, 1.54) is 0 Å². The molecule has 2 aliphatic rings. The molecule has 4 N–H and O–H groups in total. The minimum atomic E-state index is -0.520. The van der Waals surface area contributed by atoms with Crippen LogP contribution in [0.15, 0.2) is 91.1 Å². The van der Waals surface area contributed by atoms with E-state index >= 15 is 0 Å². The minimum absolute atomic E-state index is 0.000341. The third-order valence-corrected chi connectivity index (χ3v) is 9.69. The van der Waals surface area contributed by atoms with E-state index < -0.39 is 5.91 Å². The first-order valence-corrected chi connectivity index (χ1v) is 18.2. The second kappa shape index (κ2) is 16.5. The maximum Gasteiger partial charge on any atom is 0.300 e. The lowest BCUT2D eigenvalue weighted by Gasteiger charge is -2.40. The number of hydrogen-bond acceptors (Lipinski definition) is 7. The standard InChI is InChI=1S/C42H45N7O4/c1-5-40(51)48-27(3)24-34(32-12-7-9-14-36(32)48)45-30-19-17-29(18-20-30)42(53)43-23-11-16-39(50)46-31-21-22-38(44-26-31)47-35-25-28(4)49(41(52)6-2)37-15-10-8-13-33(35)37/h7-10,12-15,17-22,26-28,34-35,45H,5-6,23-25H2,1-4H3,(H,43,53)(H,44,47)(H,46,50)/t27-,28-,34+,35+/m0/s1. The predicted molar refractivity (Wildman–Crippen MR) is 209 cm³/mol. The van der Waals surface area contributed by atoms with Gasteiger partial charge in [-0.2, -0.15) is 0 Å². The van der Waals surface area contributed by atoms with Gasteiger partial charge in [-0.15, -0.1) is 0 Å². The number of fused-ring (bicyclic) bond motifs is 2. The average Bonchev–Trinajstić information content (AvgIpc) is 3.17. The van der Waals surface area contributed by atoms with Gasteiger partial charge in [0.15, 0.2) is 0 Å². The molecule has 3 heterocycles. The Hall–Kier alpha value is -6.15. The van der Waals surface area contributed by atoms with Gasteiger partial charge in [0.1, 0.15) is 5.82 Å². The van der Waals surface area contributed by atoms with E-state index in [2.05, 4.69) is 51.9 Å². The Kier molecular flexibility index (Phi) is 11.4. The summed E-state index contributed by atoms with van der Waals surface area (Å²) in [4.78, 5) is 58.8. The molecular formula is C42H45N7O4. The van der Waals surface area contributed by atoms with Crippen molar-refractivity contribution < 1.29 is 19.2 Å². The van der Waals surface area contributed by atoms with Crippen molar-refractivity contribution in [2.45, 2.75) is 77.5 Å². The van der Waals surface area contributed by atoms with Crippen LogP contribution in [0, 0.1) is 11.8 Å². The van der Waals surface area contributed by atoms with E-state index in [-0.39, 0.29) is 48.4 Å². The number of para-hydroxylation sites is 2. The number of nitrogens with one attached hydrogen (secondary N) is 4. The van der Waals surface area contributed by atoms with Crippen LogP contribution in [0.25, 0.3) is 0 Å². The van der Waals surface area contributed by atoms with E-state index in [1.807, 2.05) is 84.3 Å². The first kappa shape index (κ1) is 36.6. The molecule has 0 radical (unpaired) electrons. The van der Waals surface area contributed by atoms with E-state index in [1.54, 1.807) is 30.5 Å². The molecule has 0 aliphatic carbocycles. The number of amides is 4. The summed E-state index contributed by atoms with van der Waals surface area (Å²) in [5, 5.41) is 12.5.